The topological polar surface area (TPSA) is 49.8 Å². The van der Waals surface area contributed by atoms with Gasteiger partial charge in [0.2, 0.25) is 0 Å². The van der Waals surface area contributed by atoms with Crippen LogP contribution in [0.4, 0.5) is 5.69 Å². The van der Waals surface area contributed by atoms with Gasteiger partial charge in [-0.1, -0.05) is 22.0 Å². The average Bonchev–Trinajstić information content (AvgIpc) is 2.47. The van der Waals surface area contributed by atoms with E-state index in [-0.39, 0.29) is 0 Å². The Morgan fingerprint density at radius 2 is 2.19 bits per heavy atom. The SMILES string of the molecule is CCOC1CCN(c2ccc(/C=C/C(=O)O)c(Br)c2)CC1. The first-order valence-electron chi connectivity index (χ1n) is 7.17. The van der Waals surface area contributed by atoms with Gasteiger partial charge >= 0.3 is 5.97 Å². The first-order chi connectivity index (χ1) is 10.1. The predicted octanol–water partition coefficient (Wildman–Crippen LogP) is 3.55. The molecule has 0 amide bonds. The lowest BCUT2D eigenvalue weighted by Gasteiger charge is -2.33. The fourth-order valence-corrected chi connectivity index (χ4v) is 3.02. The van der Waals surface area contributed by atoms with Gasteiger partial charge in [0, 0.05) is 35.9 Å². The Labute approximate surface area is 133 Å². The van der Waals surface area contributed by atoms with Crippen LogP contribution >= 0.6 is 15.9 Å². The van der Waals surface area contributed by atoms with Gasteiger partial charge in [0.1, 0.15) is 0 Å². The van der Waals surface area contributed by atoms with E-state index in [1.807, 2.05) is 25.1 Å². The highest BCUT2D eigenvalue weighted by atomic mass is 79.9. The van der Waals surface area contributed by atoms with E-state index in [1.54, 1.807) is 6.08 Å². The molecule has 1 saturated heterocycles. The molecule has 4 nitrogen and oxygen atoms in total. The molecule has 0 aliphatic carbocycles. The minimum atomic E-state index is -0.941. The van der Waals surface area contributed by atoms with Crippen LogP contribution in [-0.4, -0.2) is 36.9 Å². The number of rotatable bonds is 5. The number of benzene rings is 1. The molecule has 1 aliphatic heterocycles. The van der Waals surface area contributed by atoms with Crippen molar-refractivity contribution in [3.8, 4) is 0 Å². The third kappa shape index (κ3) is 4.58. The van der Waals surface area contributed by atoms with Crippen LogP contribution in [0.3, 0.4) is 0 Å². The quantitative estimate of drug-likeness (QED) is 0.822. The number of carboxylic acids is 1. The molecule has 1 N–H and O–H groups in total. The second-order valence-corrected chi connectivity index (χ2v) is 5.87. The maximum atomic E-state index is 10.6. The molecule has 0 bridgehead atoms. The molecule has 5 heteroatoms. The summed E-state index contributed by atoms with van der Waals surface area (Å²) in [6.07, 6.45) is 5.22. The van der Waals surface area contributed by atoms with Gasteiger partial charge in [-0.05, 0) is 43.5 Å². The van der Waals surface area contributed by atoms with Crippen molar-refractivity contribution in [2.45, 2.75) is 25.9 Å². The fraction of sp³-hybridized carbons (Fsp3) is 0.438. The highest BCUT2D eigenvalue weighted by molar-refractivity contribution is 9.10. The molecular formula is C16H20BrNO3. The van der Waals surface area contributed by atoms with Crippen LogP contribution in [0.25, 0.3) is 6.08 Å². The van der Waals surface area contributed by atoms with Crippen LogP contribution in [0.15, 0.2) is 28.7 Å². The molecule has 1 heterocycles. The third-order valence-electron chi connectivity index (χ3n) is 3.60. The Morgan fingerprint density at radius 1 is 1.48 bits per heavy atom. The lowest BCUT2D eigenvalue weighted by molar-refractivity contribution is -0.131. The lowest BCUT2D eigenvalue weighted by atomic mass is 10.1. The molecule has 0 spiro atoms. The minimum absolute atomic E-state index is 0.382. The van der Waals surface area contributed by atoms with Gasteiger partial charge in [-0.2, -0.15) is 0 Å². The van der Waals surface area contributed by atoms with E-state index in [1.165, 1.54) is 0 Å². The summed E-state index contributed by atoms with van der Waals surface area (Å²) in [4.78, 5) is 12.9. The van der Waals surface area contributed by atoms with Crippen molar-refractivity contribution in [3.63, 3.8) is 0 Å². The molecule has 114 valence electrons. The molecule has 2 rings (SSSR count). The molecule has 1 aromatic carbocycles. The number of carbonyl (C=O) groups is 1. The van der Waals surface area contributed by atoms with Gasteiger partial charge in [0.15, 0.2) is 0 Å². The first kappa shape index (κ1) is 16.0. The summed E-state index contributed by atoms with van der Waals surface area (Å²) in [6.45, 7) is 4.79. The molecule has 0 saturated carbocycles. The lowest BCUT2D eigenvalue weighted by Crippen LogP contribution is -2.37. The van der Waals surface area contributed by atoms with E-state index in [0.717, 1.165) is 54.3 Å². The summed E-state index contributed by atoms with van der Waals surface area (Å²) in [5, 5.41) is 8.67. The Bertz CT molecular complexity index is 522. The molecular weight excluding hydrogens is 334 g/mol. The van der Waals surface area contributed by atoms with Gasteiger partial charge in [0.05, 0.1) is 6.10 Å². The van der Waals surface area contributed by atoms with Crippen LogP contribution in [0, 0.1) is 0 Å². The maximum Gasteiger partial charge on any atom is 0.328 e. The monoisotopic (exact) mass is 353 g/mol. The van der Waals surface area contributed by atoms with Gasteiger partial charge in [-0.25, -0.2) is 4.79 Å². The Balaban J connectivity index is 2.02. The Kier molecular flexibility index (Phi) is 5.82. The highest BCUT2D eigenvalue weighted by Gasteiger charge is 2.19. The Morgan fingerprint density at radius 3 is 2.76 bits per heavy atom. The number of hydrogen-bond acceptors (Lipinski definition) is 3. The van der Waals surface area contributed by atoms with Gasteiger partial charge in [-0.3, -0.25) is 0 Å². The predicted molar refractivity (Wildman–Crippen MR) is 87.7 cm³/mol. The maximum absolute atomic E-state index is 10.6. The van der Waals surface area contributed by atoms with Crippen LogP contribution in [-0.2, 0) is 9.53 Å². The number of carboxylic acid groups (broad SMARTS) is 1. The highest BCUT2D eigenvalue weighted by Crippen LogP contribution is 2.27. The summed E-state index contributed by atoms with van der Waals surface area (Å²) in [7, 11) is 0. The van der Waals surface area contributed by atoms with Gasteiger partial charge in [0.25, 0.3) is 0 Å². The van der Waals surface area contributed by atoms with Crippen molar-refractivity contribution in [3.05, 3.63) is 34.3 Å². The largest absolute Gasteiger partial charge is 0.478 e. The van der Waals surface area contributed by atoms with Crippen molar-refractivity contribution in [1.29, 1.82) is 0 Å². The molecule has 0 aromatic heterocycles. The second-order valence-electron chi connectivity index (χ2n) is 5.02. The zero-order chi connectivity index (χ0) is 15.2. The fourth-order valence-electron chi connectivity index (χ4n) is 2.53. The number of aliphatic carboxylic acids is 1. The Hall–Kier alpha value is -1.33. The minimum Gasteiger partial charge on any atom is -0.478 e. The van der Waals surface area contributed by atoms with E-state index in [4.69, 9.17) is 9.84 Å². The normalized spacial score (nSPS) is 16.6. The number of halogens is 1. The zero-order valence-corrected chi connectivity index (χ0v) is 13.7. The number of hydrogen-bond donors (Lipinski definition) is 1. The van der Waals surface area contributed by atoms with Gasteiger partial charge < -0.3 is 14.7 Å². The number of anilines is 1. The molecule has 0 radical (unpaired) electrons. The molecule has 1 aromatic rings. The molecule has 0 atom stereocenters. The first-order valence-corrected chi connectivity index (χ1v) is 7.96. The summed E-state index contributed by atoms with van der Waals surface area (Å²) in [6, 6.07) is 6.02. The van der Waals surface area contributed by atoms with Crippen molar-refractivity contribution in [2.24, 2.45) is 0 Å². The standard InChI is InChI=1S/C16H20BrNO3/c1-2-21-14-7-9-18(10-8-14)13-5-3-12(15(17)11-13)4-6-16(19)20/h3-6,11,14H,2,7-10H2,1H3,(H,19,20)/b6-4+. The summed E-state index contributed by atoms with van der Waals surface area (Å²) in [5.74, 6) is -0.941. The van der Waals surface area contributed by atoms with Crippen molar-refractivity contribution in [2.75, 3.05) is 24.6 Å². The van der Waals surface area contributed by atoms with E-state index >= 15 is 0 Å². The third-order valence-corrected chi connectivity index (χ3v) is 4.29. The number of ether oxygens (including phenoxy) is 1. The van der Waals surface area contributed by atoms with E-state index < -0.39 is 5.97 Å². The average molecular weight is 354 g/mol. The molecule has 1 fully saturated rings. The number of nitrogens with zero attached hydrogens (tertiary/aromatic N) is 1. The molecule has 21 heavy (non-hydrogen) atoms. The van der Waals surface area contributed by atoms with E-state index in [0.29, 0.717) is 6.10 Å². The van der Waals surface area contributed by atoms with Crippen LogP contribution < -0.4 is 4.90 Å². The smallest absolute Gasteiger partial charge is 0.328 e. The second kappa shape index (κ2) is 7.61. The van der Waals surface area contributed by atoms with Crippen molar-refractivity contribution in [1.82, 2.24) is 0 Å². The van der Waals surface area contributed by atoms with Crippen LogP contribution in [0.5, 0.6) is 0 Å². The number of piperidine rings is 1. The van der Waals surface area contributed by atoms with Crippen molar-refractivity contribution >= 4 is 33.7 Å². The van der Waals surface area contributed by atoms with Crippen LogP contribution in [0.2, 0.25) is 0 Å². The van der Waals surface area contributed by atoms with Gasteiger partial charge in [-0.15, -0.1) is 0 Å². The van der Waals surface area contributed by atoms with Crippen LogP contribution in [0.1, 0.15) is 25.3 Å². The van der Waals surface area contributed by atoms with Crippen molar-refractivity contribution < 1.29 is 14.6 Å². The molecule has 1 aliphatic rings. The summed E-state index contributed by atoms with van der Waals surface area (Å²) < 4.78 is 6.57. The zero-order valence-electron chi connectivity index (χ0n) is 12.1. The summed E-state index contributed by atoms with van der Waals surface area (Å²) >= 11 is 3.51. The van der Waals surface area contributed by atoms with E-state index in [2.05, 4.69) is 20.8 Å². The van der Waals surface area contributed by atoms with E-state index in [9.17, 15) is 4.79 Å². The molecule has 0 unspecified atom stereocenters. The summed E-state index contributed by atoms with van der Waals surface area (Å²) in [5.41, 5.74) is 2.02.